The molecule has 0 spiro atoms. The average Bonchev–Trinajstić information content (AvgIpc) is 2.71. The third-order valence-corrected chi connectivity index (χ3v) is 4.55. The summed E-state index contributed by atoms with van der Waals surface area (Å²) in [6, 6.07) is 6.69. The molecule has 1 saturated heterocycles. The van der Waals surface area contributed by atoms with E-state index in [1.807, 2.05) is 0 Å². The lowest BCUT2D eigenvalue weighted by Gasteiger charge is -2.25. The van der Waals surface area contributed by atoms with E-state index in [2.05, 4.69) is 6.92 Å². The summed E-state index contributed by atoms with van der Waals surface area (Å²) in [6.45, 7) is 3.41. The highest BCUT2D eigenvalue weighted by molar-refractivity contribution is 6.22. The average molecular weight is 301 g/mol. The molecule has 5 heteroatoms. The number of imide groups is 1. The van der Waals surface area contributed by atoms with Gasteiger partial charge in [0, 0.05) is 6.92 Å². The molecule has 0 radical (unpaired) electrons. The van der Waals surface area contributed by atoms with Crippen LogP contribution in [0.4, 0.5) is 5.69 Å². The van der Waals surface area contributed by atoms with E-state index in [1.54, 1.807) is 24.3 Å². The van der Waals surface area contributed by atoms with Crippen molar-refractivity contribution in [2.24, 2.45) is 17.8 Å². The molecule has 0 aromatic heterocycles. The first-order valence-corrected chi connectivity index (χ1v) is 7.64. The summed E-state index contributed by atoms with van der Waals surface area (Å²) in [6.07, 6.45) is 2.48. The molecule has 2 amide bonds. The van der Waals surface area contributed by atoms with Crippen molar-refractivity contribution in [3.8, 4) is 5.75 Å². The third kappa shape index (κ3) is 2.40. The molecule has 22 heavy (non-hydrogen) atoms. The van der Waals surface area contributed by atoms with Gasteiger partial charge in [0.15, 0.2) is 5.75 Å². The summed E-state index contributed by atoms with van der Waals surface area (Å²) in [5.74, 6) is -0.555. The van der Waals surface area contributed by atoms with Crippen LogP contribution in [0.2, 0.25) is 0 Å². The van der Waals surface area contributed by atoms with E-state index in [0.717, 1.165) is 19.3 Å². The molecule has 3 rings (SSSR count). The molecule has 0 bridgehead atoms. The monoisotopic (exact) mass is 301 g/mol. The van der Waals surface area contributed by atoms with E-state index in [0.29, 0.717) is 11.6 Å². The topological polar surface area (TPSA) is 63.7 Å². The van der Waals surface area contributed by atoms with Gasteiger partial charge >= 0.3 is 5.97 Å². The van der Waals surface area contributed by atoms with E-state index in [1.165, 1.54) is 11.8 Å². The zero-order valence-corrected chi connectivity index (χ0v) is 12.7. The summed E-state index contributed by atoms with van der Waals surface area (Å²) >= 11 is 0. The molecule has 116 valence electrons. The Balaban J connectivity index is 1.97. The van der Waals surface area contributed by atoms with Crippen molar-refractivity contribution in [1.29, 1.82) is 0 Å². The summed E-state index contributed by atoms with van der Waals surface area (Å²) < 4.78 is 5.14. The third-order valence-electron chi connectivity index (χ3n) is 4.55. The van der Waals surface area contributed by atoms with Gasteiger partial charge in [-0.1, -0.05) is 19.1 Å². The van der Waals surface area contributed by atoms with Crippen molar-refractivity contribution in [1.82, 2.24) is 0 Å². The van der Waals surface area contributed by atoms with Crippen LogP contribution in [0.3, 0.4) is 0 Å². The maximum Gasteiger partial charge on any atom is 0.308 e. The second-order valence-corrected chi connectivity index (χ2v) is 6.20. The van der Waals surface area contributed by atoms with E-state index in [-0.39, 0.29) is 29.4 Å². The number of ether oxygens (including phenoxy) is 1. The Bertz CT molecular complexity index is 639. The van der Waals surface area contributed by atoms with Crippen LogP contribution in [-0.2, 0) is 14.4 Å². The van der Waals surface area contributed by atoms with Gasteiger partial charge in [0.25, 0.3) is 0 Å². The van der Waals surface area contributed by atoms with Gasteiger partial charge in [0.2, 0.25) is 11.8 Å². The molecule has 2 aliphatic rings. The van der Waals surface area contributed by atoms with Gasteiger partial charge in [-0.25, -0.2) is 4.90 Å². The van der Waals surface area contributed by atoms with Crippen LogP contribution in [-0.4, -0.2) is 17.8 Å². The number of fused-ring (bicyclic) bond motifs is 1. The first-order valence-electron chi connectivity index (χ1n) is 7.64. The van der Waals surface area contributed by atoms with Crippen molar-refractivity contribution >= 4 is 23.5 Å². The molecule has 0 N–H and O–H groups in total. The van der Waals surface area contributed by atoms with Crippen LogP contribution in [0.25, 0.3) is 0 Å². The molecule has 5 nitrogen and oxygen atoms in total. The number of benzene rings is 1. The molecule has 1 aromatic rings. The lowest BCUT2D eigenvalue weighted by atomic mass is 9.76. The maximum absolute atomic E-state index is 12.7. The fraction of sp³-hybridized carbons (Fsp3) is 0.471. The van der Waals surface area contributed by atoms with Crippen molar-refractivity contribution in [2.45, 2.75) is 33.1 Å². The number of esters is 1. The molecule has 3 atom stereocenters. The SMILES string of the molecule is CC(=O)Oc1ccccc1N1C(=O)[C@H]2C[C@H](C)CC[C@H]2C1=O. The zero-order valence-electron chi connectivity index (χ0n) is 12.7. The van der Waals surface area contributed by atoms with Crippen molar-refractivity contribution in [3.05, 3.63) is 24.3 Å². The standard InChI is InChI=1S/C17H19NO4/c1-10-7-8-12-13(9-10)17(21)18(16(12)20)14-5-3-4-6-15(14)22-11(2)19/h3-6,10,12-13H,7-9H2,1-2H3/t10-,12-,13+/m1/s1. The van der Waals surface area contributed by atoms with Gasteiger partial charge in [-0.15, -0.1) is 0 Å². The molecule has 1 aromatic carbocycles. The predicted octanol–water partition coefficient (Wildman–Crippen LogP) is 2.54. The number of rotatable bonds is 2. The number of nitrogens with zero attached hydrogens (tertiary/aromatic N) is 1. The van der Waals surface area contributed by atoms with Crippen LogP contribution < -0.4 is 9.64 Å². The smallest absolute Gasteiger partial charge is 0.308 e. The lowest BCUT2D eigenvalue weighted by molar-refractivity contribution is -0.132. The Morgan fingerprint density at radius 2 is 1.82 bits per heavy atom. The minimum atomic E-state index is -0.474. The van der Waals surface area contributed by atoms with Gasteiger partial charge in [-0.05, 0) is 37.3 Å². The van der Waals surface area contributed by atoms with Gasteiger partial charge < -0.3 is 4.74 Å². The first-order chi connectivity index (χ1) is 10.5. The molecule has 1 saturated carbocycles. The molecule has 1 aliphatic heterocycles. The van der Waals surface area contributed by atoms with Crippen molar-refractivity contribution < 1.29 is 19.1 Å². The maximum atomic E-state index is 12.7. The van der Waals surface area contributed by atoms with Gasteiger partial charge in [-0.2, -0.15) is 0 Å². The number of hydrogen-bond acceptors (Lipinski definition) is 4. The van der Waals surface area contributed by atoms with Crippen LogP contribution >= 0.6 is 0 Å². The molecular formula is C17H19NO4. The van der Waals surface area contributed by atoms with Crippen LogP contribution in [0.15, 0.2) is 24.3 Å². The van der Waals surface area contributed by atoms with E-state index in [4.69, 9.17) is 4.74 Å². The highest BCUT2D eigenvalue weighted by Crippen LogP contribution is 2.43. The summed E-state index contributed by atoms with van der Waals surface area (Å²) in [4.78, 5) is 37.8. The molecule has 0 unspecified atom stereocenters. The van der Waals surface area contributed by atoms with Crippen LogP contribution in [0.5, 0.6) is 5.75 Å². The van der Waals surface area contributed by atoms with Crippen LogP contribution in [0.1, 0.15) is 33.1 Å². The number of para-hydroxylation sites is 2. The number of carbonyl (C=O) groups is 3. The number of hydrogen-bond donors (Lipinski definition) is 0. The van der Waals surface area contributed by atoms with E-state index in [9.17, 15) is 14.4 Å². The highest BCUT2D eigenvalue weighted by Gasteiger charge is 2.50. The number of amides is 2. The fourth-order valence-electron chi connectivity index (χ4n) is 3.51. The van der Waals surface area contributed by atoms with Crippen molar-refractivity contribution in [2.75, 3.05) is 4.90 Å². The molecule has 2 fully saturated rings. The Hall–Kier alpha value is -2.17. The second kappa shape index (κ2) is 5.55. The molecule has 1 heterocycles. The predicted molar refractivity (Wildman–Crippen MR) is 80.2 cm³/mol. The Kier molecular flexibility index (Phi) is 3.72. The van der Waals surface area contributed by atoms with Gasteiger partial charge in [0.1, 0.15) is 0 Å². The first kappa shape index (κ1) is 14.8. The number of carbonyl (C=O) groups excluding carboxylic acids is 3. The van der Waals surface area contributed by atoms with Gasteiger partial charge in [0.05, 0.1) is 17.5 Å². The van der Waals surface area contributed by atoms with E-state index >= 15 is 0 Å². The lowest BCUT2D eigenvalue weighted by Crippen LogP contribution is -2.31. The van der Waals surface area contributed by atoms with Crippen molar-refractivity contribution in [3.63, 3.8) is 0 Å². The summed E-state index contributed by atoms with van der Waals surface area (Å²) in [5, 5.41) is 0. The largest absolute Gasteiger partial charge is 0.424 e. The quantitative estimate of drug-likeness (QED) is 0.478. The second-order valence-electron chi connectivity index (χ2n) is 6.20. The van der Waals surface area contributed by atoms with Gasteiger partial charge in [-0.3, -0.25) is 14.4 Å². The minimum absolute atomic E-state index is 0.165. The fourth-order valence-corrected chi connectivity index (χ4v) is 3.51. The highest BCUT2D eigenvalue weighted by atomic mass is 16.5. The summed E-state index contributed by atoms with van der Waals surface area (Å²) in [5.41, 5.74) is 0.370. The minimum Gasteiger partial charge on any atom is -0.424 e. The Labute approximate surface area is 129 Å². The number of anilines is 1. The Morgan fingerprint density at radius 3 is 2.55 bits per heavy atom. The normalized spacial score (nSPS) is 27.7. The molecule has 1 aliphatic carbocycles. The summed E-state index contributed by atoms with van der Waals surface area (Å²) in [7, 11) is 0. The Morgan fingerprint density at radius 1 is 1.14 bits per heavy atom. The van der Waals surface area contributed by atoms with Crippen LogP contribution in [0, 0.1) is 17.8 Å². The zero-order chi connectivity index (χ0) is 15.9. The van der Waals surface area contributed by atoms with E-state index < -0.39 is 5.97 Å². The molecular weight excluding hydrogens is 282 g/mol.